The second-order valence-corrected chi connectivity index (χ2v) is 0.447. The van der Waals surface area contributed by atoms with E-state index >= 15 is 0 Å². The quantitative estimate of drug-likeness (QED) is 0.402. The minimum Gasteiger partial charge on any atom is -1.00 e. The number of aliphatic hydroxyl groups excluding tert-OH is 2. The van der Waals surface area contributed by atoms with Crippen LogP contribution in [0.25, 0.3) is 0 Å². The van der Waals surface area contributed by atoms with E-state index in [2.05, 4.69) is 0 Å². The molecule has 0 aromatic rings. The summed E-state index contributed by atoms with van der Waals surface area (Å²) in [6.07, 6.45) is 0. The molecule has 0 saturated carbocycles. The van der Waals surface area contributed by atoms with Gasteiger partial charge in [0.1, 0.15) is 0 Å². The number of hydrogen-bond acceptors (Lipinski definition) is 2. The summed E-state index contributed by atoms with van der Waals surface area (Å²) >= 11 is 0. The third-order valence-electron chi connectivity index (χ3n) is 0.1000. The predicted octanol–water partition coefficient (Wildman–Crippen LogP) is -7.02. The summed E-state index contributed by atoms with van der Waals surface area (Å²) in [4.78, 5) is 0. The minimum absolute atomic E-state index is 0. The van der Waals surface area contributed by atoms with Gasteiger partial charge in [0.05, 0.1) is 13.2 Å². The Bertz CT molecular complexity index is 15.7. The standard InChI is InChI=1S/C2H6O2.2ClH.Fe/c3-1-2-4;;;/h3-4H,1-2H2;2*1H;/q;;;+2/p-2. The van der Waals surface area contributed by atoms with E-state index in [4.69, 9.17) is 10.2 Å². The van der Waals surface area contributed by atoms with Gasteiger partial charge in [-0.05, 0) is 0 Å². The maximum Gasteiger partial charge on any atom is 2.00 e. The fourth-order valence-electron chi connectivity index (χ4n) is 0. The average Bonchev–Trinajstić information content (AvgIpc) is 1.37. The normalized spacial score (nSPS) is 4.29. The topological polar surface area (TPSA) is 40.5 Å². The minimum atomic E-state index is -0.125. The van der Waals surface area contributed by atoms with Gasteiger partial charge in [-0.3, -0.25) is 0 Å². The summed E-state index contributed by atoms with van der Waals surface area (Å²) in [5, 5.41) is 15.2. The van der Waals surface area contributed by atoms with Crippen molar-refractivity contribution in [3.8, 4) is 0 Å². The van der Waals surface area contributed by atoms with Crippen molar-refractivity contribution < 1.29 is 52.1 Å². The third kappa shape index (κ3) is 43.4. The molecule has 0 spiro atoms. The van der Waals surface area contributed by atoms with Gasteiger partial charge in [-0.2, -0.15) is 0 Å². The van der Waals surface area contributed by atoms with Gasteiger partial charge >= 0.3 is 17.1 Å². The van der Waals surface area contributed by atoms with Crippen LogP contribution in [0.1, 0.15) is 0 Å². The molecule has 7 heavy (non-hydrogen) atoms. The van der Waals surface area contributed by atoms with Crippen molar-refractivity contribution >= 4 is 0 Å². The Labute approximate surface area is 65.6 Å². The van der Waals surface area contributed by atoms with Crippen LogP contribution in [-0.4, -0.2) is 23.4 Å². The summed E-state index contributed by atoms with van der Waals surface area (Å²) in [5.41, 5.74) is 0. The van der Waals surface area contributed by atoms with Crippen molar-refractivity contribution in [3.05, 3.63) is 0 Å². The first-order valence-corrected chi connectivity index (χ1v) is 1.13. The van der Waals surface area contributed by atoms with Crippen LogP contribution in [0, 0.1) is 0 Å². The molecule has 0 aromatic carbocycles. The smallest absolute Gasteiger partial charge is 1.00 e. The van der Waals surface area contributed by atoms with Gasteiger partial charge in [-0.25, -0.2) is 0 Å². The Kier molecular flexibility index (Phi) is 97.5. The predicted molar refractivity (Wildman–Crippen MR) is 14.2 cm³/mol. The second-order valence-electron chi connectivity index (χ2n) is 0.447. The number of aliphatic hydroxyl groups is 2. The maximum atomic E-state index is 7.62. The summed E-state index contributed by atoms with van der Waals surface area (Å²) in [6, 6.07) is 0. The van der Waals surface area contributed by atoms with Crippen LogP contribution < -0.4 is 24.8 Å². The first-order valence-electron chi connectivity index (χ1n) is 1.13. The molecule has 0 radical (unpaired) electrons. The molecular weight excluding hydrogens is 183 g/mol. The van der Waals surface area contributed by atoms with Crippen LogP contribution in [0.5, 0.6) is 0 Å². The third-order valence-corrected chi connectivity index (χ3v) is 0.1000. The van der Waals surface area contributed by atoms with Crippen LogP contribution in [0.4, 0.5) is 0 Å². The average molecular weight is 189 g/mol. The molecule has 0 aromatic heterocycles. The molecule has 5 heteroatoms. The van der Waals surface area contributed by atoms with Gasteiger partial charge in [0.25, 0.3) is 0 Å². The zero-order chi connectivity index (χ0) is 3.41. The first kappa shape index (κ1) is 24.5. The van der Waals surface area contributed by atoms with Crippen molar-refractivity contribution in [3.63, 3.8) is 0 Å². The molecule has 2 nitrogen and oxygen atoms in total. The van der Waals surface area contributed by atoms with E-state index in [9.17, 15) is 0 Å². The van der Waals surface area contributed by atoms with Crippen molar-refractivity contribution in [1.29, 1.82) is 0 Å². The van der Waals surface area contributed by atoms with Gasteiger partial charge < -0.3 is 35.0 Å². The van der Waals surface area contributed by atoms with Gasteiger partial charge in [-0.15, -0.1) is 0 Å². The molecule has 0 aliphatic carbocycles. The van der Waals surface area contributed by atoms with Gasteiger partial charge in [-0.1, -0.05) is 0 Å². The monoisotopic (exact) mass is 188 g/mol. The fraction of sp³-hybridized carbons (Fsp3) is 1.00. The molecule has 0 unspecified atom stereocenters. The van der Waals surface area contributed by atoms with E-state index in [0.717, 1.165) is 0 Å². The largest absolute Gasteiger partial charge is 2.00 e. The van der Waals surface area contributed by atoms with Crippen molar-refractivity contribution in [2.45, 2.75) is 0 Å². The Morgan fingerprint density at radius 3 is 1.00 bits per heavy atom. The van der Waals surface area contributed by atoms with E-state index in [-0.39, 0.29) is 55.1 Å². The number of rotatable bonds is 1. The van der Waals surface area contributed by atoms with Crippen molar-refractivity contribution in [2.75, 3.05) is 13.2 Å². The zero-order valence-electron chi connectivity index (χ0n) is 3.42. The summed E-state index contributed by atoms with van der Waals surface area (Å²) in [5.74, 6) is 0. The molecule has 0 bridgehead atoms. The first-order chi connectivity index (χ1) is 1.91. The van der Waals surface area contributed by atoms with E-state index in [1.165, 1.54) is 0 Å². The van der Waals surface area contributed by atoms with E-state index in [1.54, 1.807) is 0 Å². The van der Waals surface area contributed by atoms with Gasteiger partial charge in [0, 0.05) is 0 Å². The Hall–Kier alpha value is 1.02. The molecule has 2 N–H and O–H groups in total. The van der Waals surface area contributed by atoms with E-state index in [0.29, 0.717) is 0 Å². The number of halogens is 2. The van der Waals surface area contributed by atoms with E-state index < -0.39 is 0 Å². The van der Waals surface area contributed by atoms with Gasteiger partial charge in [0.2, 0.25) is 0 Å². The molecule has 0 aliphatic heterocycles. The maximum absolute atomic E-state index is 7.62. The Morgan fingerprint density at radius 2 is 1.00 bits per heavy atom. The molecule has 0 atom stereocenters. The summed E-state index contributed by atoms with van der Waals surface area (Å²) < 4.78 is 0. The SMILES string of the molecule is OCCO.[Cl-].[Cl-].[Fe+2]. The van der Waals surface area contributed by atoms with Crippen LogP contribution in [0.3, 0.4) is 0 Å². The summed E-state index contributed by atoms with van der Waals surface area (Å²) in [6.45, 7) is -0.250. The Balaban J connectivity index is -0.0000000150. The second kappa shape index (κ2) is 27.9. The molecule has 0 fully saturated rings. The van der Waals surface area contributed by atoms with Crippen LogP contribution in [0.2, 0.25) is 0 Å². The molecular formula is C2H6Cl2FeO2. The van der Waals surface area contributed by atoms with Crippen molar-refractivity contribution in [1.82, 2.24) is 0 Å². The number of hydrogen-bond donors (Lipinski definition) is 2. The fourth-order valence-corrected chi connectivity index (χ4v) is 0. The zero-order valence-corrected chi connectivity index (χ0v) is 6.03. The molecule has 0 aliphatic rings. The van der Waals surface area contributed by atoms with Crippen LogP contribution in [-0.2, 0) is 17.1 Å². The van der Waals surface area contributed by atoms with Crippen LogP contribution >= 0.6 is 0 Å². The molecule has 0 amide bonds. The molecule has 0 heterocycles. The molecule has 0 rings (SSSR count). The molecule has 48 valence electrons. The van der Waals surface area contributed by atoms with Crippen molar-refractivity contribution in [2.24, 2.45) is 0 Å². The van der Waals surface area contributed by atoms with Crippen LogP contribution in [0.15, 0.2) is 0 Å². The van der Waals surface area contributed by atoms with Gasteiger partial charge in [0.15, 0.2) is 0 Å². The molecule has 0 saturated heterocycles. The summed E-state index contributed by atoms with van der Waals surface area (Å²) in [7, 11) is 0. The Morgan fingerprint density at radius 1 is 0.857 bits per heavy atom. The van der Waals surface area contributed by atoms with E-state index in [1.807, 2.05) is 0 Å².